The molecule has 0 fully saturated rings. The lowest BCUT2D eigenvalue weighted by Gasteiger charge is -2.19. The third-order valence-electron chi connectivity index (χ3n) is 5.25. The molecule has 3 rings (SSSR count). The second-order valence-corrected chi connectivity index (χ2v) is 11.3. The van der Waals surface area contributed by atoms with Gasteiger partial charge in [0.15, 0.2) is 0 Å². The summed E-state index contributed by atoms with van der Waals surface area (Å²) >= 11 is 0. The molecule has 3 aromatic rings. The van der Waals surface area contributed by atoms with Gasteiger partial charge in [-0.05, 0) is 73.4 Å². The summed E-state index contributed by atoms with van der Waals surface area (Å²) in [6, 6.07) is 19.7. The Bertz CT molecular complexity index is 1310. The Hall–Kier alpha value is -3.49. The molecule has 0 aliphatic heterocycles. The zero-order valence-electron chi connectivity index (χ0n) is 20.5. The van der Waals surface area contributed by atoms with Crippen molar-refractivity contribution in [2.24, 2.45) is 0 Å². The minimum absolute atomic E-state index is 0.0147. The lowest BCUT2D eigenvalue weighted by atomic mass is 9.87. The molecular weight excluding hydrogens is 462 g/mol. The van der Waals surface area contributed by atoms with Crippen molar-refractivity contribution in [3.05, 3.63) is 89.5 Å². The van der Waals surface area contributed by atoms with Crippen LogP contribution in [0.3, 0.4) is 0 Å². The van der Waals surface area contributed by atoms with Gasteiger partial charge in [0, 0.05) is 17.2 Å². The smallest absolute Gasteiger partial charge is 0.255 e. The Kier molecular flexibility index (Phi) is 7.77. The van der Waals surface area contributed by atoms with E-state index in [0.29, 0.717) is 16.9 Å². The molecule has 3 N–H and O–H groups in total. The van der Waals surface area contributed by atoms with Crippen molar-refractivity contribution >= 4 is 33.2 Å². The van der Waals surface area contributed by atoms with Gasteiger partial charge in [0.1, 0.15) is 0 Å². The zero-order valence-corrected chi connectivity index (χ0v) is 21.4. The number of amides is 2. The van der Waals surface area contributed by atoms with E-state index in [2.05, 4.69) is 36.1 Å². The molecule has 0 aliphatic rings. The number of benzene rings is 3. The van der Waals surface area contributed by atoms with E-state index in [9.17, 15) is 18.0 Å². The minimum Gasteiger partial charge on any atom is -0.320 e. The number of rotatable bonds is 7. The first-order valence-electron chi connectivity index (χ1n) is 11.3. The van der Waals surface area contributed by atoms with E-state index in [1.807, 2.05) is 12.1 Å². The lowest BCUT2D eigenvalue weighted by Crippen LogP contribution is -2.30. The summed E-state index contributed by atoms with van der Waals surface area (Å²) in [6.07, 6.45) is 0. The van der Waals surface area contributed by atoms with E-state index in [-0.39, 0.29) is 27.8 Å². The molecular formula is C27H31N3O4S. The van der Waals surface area contributed by atoms with E-state index >= 15 is 0 Å². The maximum absolute atomic E-state index is 12.8. The summed E-state index contributed by atoms with van der Waals surface area (Å²) in [6.45, 7) is 9.79. The van der Waals surface area contributed by atoms with Gasteiger partial charge in [0.25, 0.3) is 11.8 Å². The van der Waals surface area contributed by atoms with Crippen LogP contribution in [0.2, 0.25) is 0 Å². The number of carbonyl (C=O) groups excluding carboxylic acids is 2. The van der Waals surface area contributed by atoms with Crippen LogP contribution in [0.25, 0.3) is 0 Å². The molecule has 0 saturated carbocycles. The third-order valence-corrected chi connectivity index (χ3v) is 6.93. The number of hydrogen-bond acceptors (Lipinski definition) is 4. The number of carbonyl (C=O) groups is 2. The van der Waals surface area contributed by atoms with Gasteiger partial charge < -0.3 is 10.6 Å². The molecule has 0 saturated heterocycles. The first kappa shape index (κ1) is 26.1. The zero-order chi connectivity index (χ0) is 25.8. The van der Waals surface area contributed by atoms with Gasteiger partial charge in [-0.15, -0.1) is 0 Å². The van der Waals surface area contributed by atoms with Crippen molar-refractivity contribution in [2.45, 2.75) is 51.0 Å². The van der Waals surface area contributed by atoms with Crippen LogP contribution in [0, 0.1) is 0 Å². The molecule has 0 atom stereocenters. The molecule has 3 aromatic carbocycles. The van der Waals surface area contributed by atoms with Gasteiger partial charge in [-0.25, -0.2) is 13.1 Å². The average Bonchev–Trinajstić information content (AvgIpc) is 2.79. The SMILES string of the molecule is CC(C)NS(=O)(=O)c1ccc(C(=O)Nc2ccccc2NC(=O)c2ccc(C(C)(C)C)cc2)cc1. The molecule has 0 heterocycles. The van der Waals surface area contributed by atoms with E-state index in [0.717, 1.165) is 5.56 Å². The van der Waals surface area contributed by atoms with Crippen LogP contribution in [0.15, 0.2) is 77.7 Å². The highest BCUT2D eigenvalue weighted by Crippen LogP contribution is 2.25. The van der Waals surface area contributed by atoms with Crippen LogP contribution < -0.4 is 15.4 Å². The maximum Gasteiger partial charge on any atom is 0.255 e. The number of anilines is 2. The van der Waals surface area contributed by atoms with Gasteiger partial charge in [-0.3, -0.25) is 9.59 Å². The Labute approximate surface area is 207 Å². The summed E-state index contributed by atoms with van der Waals surface area (Å²) in [7, 11) is -3.65. The van der Waals surface area contributed by atoms with Gasteiger partial charge in [0.05, 0.1) is 16.3 Å². The van der Waals surface area contributed by atoms with Crippen LogP contribution >= 0.6 is 0 Å². The summed E-state index contributed by atoms with van der Waals surface area (Å²) < 4.78 is 27.1. The first-order valence-corrected chi connectivity index (χ1v) is 12.8. The van der Waals surface area contributed by atoms with Crippen LogP contribution in [0.1, 0.15) is 60.9 Å². The Balaban J connectivity index is 1.73. The molecule has 35 heavy (non-hydrogen) atoms. The quantitative estimate of drug-likeness (QED) is 0.422. The normalized spacial score (nSPS) is 11.8. The van der Waals surface area contributed by atoms with E-state index in [4.69, 9.17) is 0 Å². The fourth-order valence-electron chi connectivity index (χ4n) is 3.38. The summed E-state index contributed by atoms with van der Waals surface area (Å²) in [4.78, 5) is 25.7. The topological polar surface area (TPSA) is 104 Å². The highest BCUT2D eigenvalue weighted by atomic mass is 32.2. The molecule has 0 aromatic heterocycles. The number of sulfonamides is 1. The number of nitrogens with one attached hydrogen (secondary N) is 3. The van der Waals surface area contributed by atoms with Gasteiger partial charge in [0.2, 0.25) is 10.0 Å². The molecule has 2 amide bonds. The van der Waals surface area contributed by atoms with Gasteiger partial charge in [-0.1, -0.05) is 45.0 Å². The molecule has 8 heteroatoms. The number of hydrogen-bond donors (Lipinski definition) is 3. The van der Waals surface area contributed by atoms with Crippen molar-refractivity contribution in [3.8, 4) is 0 Å². The molecule has 0 bridgehead atoms. The van der Waals surface area contributed by atoms with Crippen molar-refractivity contribution in [1.29, 1.82) is 0 Å². The average molecular weight is 494 g/mol. The van der Waals surface area contributed by atoms with E-state index in [1.165, 1.54) is 24.3 Å². The Morgan fingerprint density at radius 3 is 1.54 bits per heavy atom. The predicted octanol–water partition coefficient (Wildman–Crippen LogP) is 5.18. The summed E-state index contributed by atoms with van der Waals surface area (Å²) in [5.41, 5.74) is 2.78. The van der Waals surface area contributed by atoms with Crippen LogP contribution in [0.5, 0.6) is 0 Å². The molecule has 0 unspecified atom stereocenters. The van der Waals surface area contributed by atoms with Crippen molar-refractivity contribution < 1.29 is 18.0 Å². The van der Waals surface area contributed by atoms with Crippen molar-refractivity contribution in [3.63, 3.8) is 0 Å². The molecule has 0 radical (unpaired) electrons. The Morgan fingerprint density at radius 2 is 1.14 bits per heavy atom. The third kappa shape index (κ3) is 6.77. The fourth-order valence-corrected chi connectivity index (χ4v) is 4.63. The van der Waals surface area contributed by atoms with Crippen LogP contribution in [-0.4, -0.2) is 26.3 Å². The largest absolute Gasteiger partial charge is 0.320 e. The second kappa shape index (κ2) is 10.4. The number of para-hydroxylation sites is 2. The monoisotopic (exact) mass is 493 g/mol. The van der Waals surface area contributed by atoms with E-state index in [1.54, 1.807) is 50.2 Å². The minimum atomic E-state index is -3.65. The first-order chi connectivity index (χ1) is 16.4. The highest BCUT2D eigenvalue weighted by molar-refractivity contribution is 7.89. The molecule has 0 aliphatic carbocycles. The summed E-state index contributed by atoms with van der Waals surface area (Å²) in [5, 5.41) is 5.63. The summed E-state index contributed by atoms with van der Waals surface area (Å²) in [5.74, 6) is -0.721. The van der Waals surface area contributed by atoms with Crippen molar-refractivity contribution in [2.75, 3.05) is 10.6 Å². The lowest BCUT2D eigenvalue weighted by molar-refractivity contribution is 0.101. The maximum atomic E-state index is 12.8. The molecule has 0 spiro atoms. The second-order valence-electron chi connectivity index (χ2n) is 9.58. The highest BCUT2D eigenvalue weighted by Gasteiger charge is 2.18. The van der Waals surface area contributed by atoms with Gasteiger partial charge >= 0.3 is 0 Å². The van der Waals surface area contributed by atoms with Gasteiger partial charge in [-0.2, -0.15) is 0 Å². The van der Waals surface area contributed by atoms with Crippen molar-refractivity contribution in [1.82, 2.24) is 4.72 Å². The Morgan fingerprint density at radius 1 is 0.714 bits per heavy atom. The molecule has 184 valence electrons. The molecule has 7 nitrogen and oxygen atoms in total. The predicted molar refractivity (Wildman–Crippen MR) is 139 cm³/mol. The fraction of sp³-hybridized carbons (Fsp3) is 0.259. The van der Waals surface area contributed by atoms with Crippen LogP contribution in [-0.2, 0) is 15.4 Å². The van der Waals surface area contributed by atoms with Crippen LogP contribution in [0.4, 0.5) is 11.4 Å². The standard InChI is InChI=1S/C27H31N3O4S/c1-18(2)30-35(33,34)22-16-12-20(13-17-22)26(32)29-24-9-7-6-8-23(24)28-25(31)19-10-14-21(15-11-19)27(3,4)5/h6-18,30H,1-5H3,(H,28,31)(H,29,32). The van der Waals surface area contributed by atoms with E-state index < -0.39 is 15.9 Å².